The Bertz CT molecular complexity index is 1440. The molecule has 0 heterocycles. The minimum atomic E-state index is -0.781. The van der Waals surface area contributed by atoms with Gasteiger partial charge in [0.2, 0.25) is 0 Å². The van der Waals surface area contributed by atoms with Crippen LogP contribution in [-0.4, -0.2) is 37.2 Å². The highest BCUT2D eigenvalue weighted by Crippen LogP contribution is 2.18. The molecule has 0 aliphatic carbocycles. The average Bonchev–Trinajstić information content (AvgIpc) is 3.44. The number of carbonyl (C=O) groups excluding carboxylic acids is 3. The van der Waals surface area contributed by atoms with Gasteiger partial charge in [0.05, 0.1) is 0 Å². The topological polar surface area (TPSA) is 78.9 Å². The van der Waals surface area contributed by atoms with Gasteiger partial charge in [-0.1, -0.05) is 312 Å². The lowest BCUT2D eigenvalue weighted by atomic mass is 10.0. The summed E-state index contributed by atoms with van der Waals surface area (Å²) in [7, 11) is 0. The molecule has 0 aromatic rings. The van der Waals surface area contributed by atoms with Crippen LogP contribution in [0, 0.1) is 0 Å². The Hall–Kier alpha value is -3.15. The number of esters is 3. The molecule has 0 N–H and O–H groups in total. The smallest absolute Gasteiger partial charge is 0.306 e. The van der Waals surface area contributed by atoms with Gasteiger partial charge in [0, 0.05) is 19.3 Å². The second-order valence-corrected chi connectivity index (χ2v) is 22.7. The lowest BCUT2D eigenvalue weighted by Crippen LogP contribution is -2.30. The third-order valence-corrected chi connectivity index (χ3v) is 14.9. The zero-order valence-electron chi connectivity index (χ0n) is 51.9. The Balaban J connectivity index is 4.32. The quantitative estimate of drug-likeness (QED) is 0.0261. The van der Waals surface area contributed by atoms with E-state index in [9.17, 15) is 14.4 Å². The summed E-state index contributed by atoms with van der Waals surface area (Å²) in [5.74, 6) is -0.872. The summed E-state index contributed by atoms with van der Waals surface area (Å²) >= 11 is 0. The molecule has 452 valence electrons. The zero-order chi connectivity index (χ0) is 56.4. The molecule has 6 heteroatoms. The Labute approximate surface area is 484 Å². The van der Waals surface area contributed by atoms with Crippen molar-refractivity contribution in [1.82, 2.24) is 0 Å². The highest BCUT2D eigenvalue weighted by Gasteiger charge is 2.19. The molecule has 0 aliphatic heterocycles. The molecule has 0 rings (SSSR count). The second kappa shape index (κ2) is 66.4. The first-order valence-corrected chi connectivity index (χ1v) is 33.9. The number of allylic oxidation sites excluding steroid dienone is 12. The van der Waals surface area contributed by atoms with E-state index in [0.717, 1.165) is 103 Å². The molecule has 0 radical (unpaired) electrons. The standard InChI is InChI=1S/C72H128O6/c1-4-7-10-13-16-19-22-25-28-31-33-34-35-36-37-38-40-41-44-47-50-53-56-59-62-65-71(74)77-68-69(67-76-70(73)64-61-58-55-52-49-46-43-30-27-24-21-18-15-12-9-6-3)78-72(75)66-63-60-57-54-51-48-45-42-39-32-29-26-23-20-17-14-11-8-5-2/h7,10,16,19,21,24-25,28,30,33-34,43,69H,4-6,8-9,11-15,17-18,20,22-23,26-27,29,31-32,35-42,44-68H2,1-3H3/b10-7-,19-16-,24-21-,28-25-,34-33-,43-30-. The van der Waals surface area contributed by atoms with Crippen LogP contribution in [0.25, 0.3) is 0 Å². The van der Waals surface area contributed by atoms with Crippen LogP contribution in [-0.2, 0) is 28.6 Å². The molecule has 0 amide bonds. The van der Waals surface area contributed by atoms with E-state index in [2.05, 4.69) is 93.7 Å². The van der Waals surface area contributed by atoms with Gasteiger partial charge in [-0.15, -0.1) is 0 Å². The van der Waals surface area contributed by atoms with Crippen molar-refractivity contribution in [3.63, 3.8) is 0 Å². The number of ether oxygens (including phenoxy) is 3. The van der Waals surface area contributed by atoms with E-state index in [0.29, 0.717) is 19.3 Å². The summed E-state index contributed by atoms with van der Waals surface area (Å²) in [5, 5.41) is 0. The summed E-state index contributed by atoms with van der Waals surface area (Å²) in [6.45, 7) is 6.55. The molecule has 0 saturated heterocycles. The third kappa shape index (κ3) is 63.7. The maximum atomic E-state index is 12.9. The van der Waals surface area contributed by atoms with E-state index >= 15 is 0 Å². The highest BCUT2D eigenvalue weighted by molar-refractivity contribution is 5.71. The molecular formula is C72H128O6. The van der Waals surface area contributed by atoms with E-state index in [-0.39, 0.29) is 31.1 Å². The minimum absolute atomic E-state index is 0.0773. The van der Waals surface area contributed by atoms with Gasteiger partial charge in [0.25, 0.3) is 0 Å². The SMILES string of the molecule is CC/C=C\C/C=C\C/C=C\C/C=C\CCCCCCCCCCCCCCC(=O)OCC(COC(=O)CCCCCCC/C=C\C/C=C\CCCCCC)OC(=O)CCCCCCCCCCCCCCCCCCCCC. The normalized spacial score (nSPS) is 12.5. The van der Waals surface area contributed by atoms with Crippen molar-refractivity contribution in [2.24, 2.45) is 0 Å². The van der Waals surface area contributed by atoms with Crippen LogP contribution in [0.2, 0.25) is 0 Å². The lowest BCUT2D eigenvalue weighted by molar-refractivity contribution is -0.167. The Kier molecular flexibility index (Phi) is 63.7. The van der Waals surface area contributed by atoms with Crippen molar-refractivity contribution in [2.75, 3.05) is 13.2 Å². The van der Waals surface area contributed by atoms with Crippen molar-refractivity contribution in [3.8, 4) is 0 Å². The lowest BCUT2D eigenvalue weighted by Gasteiger charge is -2.18. The van der Waals surface area contributed by atoms with Crippen LogP contribution >= 0.6 is 0 Å². The molecule has 0 aliphatic rings. The molecule has 0 saturated carbocycles. The van der Waals surface area contributed by atoms with Crippen LogP contribution in [0.15, 0.2) is 72.9 Å². The predicted octanol–water partition coefficient (Wildman–Crippen LogP) is 23.3. The van der Waals surface area contributed by atoms with Crippen LogP contribution in [0.3, 0.4) is 0 Å². The fourth-order valence-corrected chi connectivity index (χ4v) is 9.88. The van der Waals surface area contributed by atoms with E-state index in [4.69, 9.17) is 14.2 Å². The first-order chi connectivity index (χ1) is 38.5. The van der Waals surface area contributed by atoms with Gasteiger partial charge >= 0.3 is 17.9 Å². The van der Waals surface area contributed by atoms with Gasteiger partial charge in [-0.2, -0.15) is 0 Å². The van der Waals surface area contributed by atoms with Crippen LogP contribution in [0.4, 0.5) is 0 Å². The van der Waals surface area contributed by atoms with Crippen molar-refractivity contribution >= 4 is 17.9 Å². The number of hydrogen-bond acceptors (Lipinski definition) is 6. The Morgan fingerprint density at radius 3 is 0.795 bits per heavy atom. The van der Waals surface area contributed by atoms with Crippen LogP contribution in [0.1, 0.15) is 348 Å². The molecule has 0 fully saturated rings. The Morgan fingerprint density at radius 1 is 0.269 bits per heavy atom. The van der Waals surface area contributed by atoms with Crippen LogP contribution < -0.4 is 0 Å². The fraction of sp³-hybridized carbons (Fsp3) is 0.792. The summed E-state index contributed by atoms with van der Waals surface area (Å²) in [6, 6.07) is 0. The molecule has 0 aromatic heterocycles. The minimum Gasteiger partial charge on any atom is -0.462 e. The molecular weight excluding hydrogens is 961 g/mol. The van der Waals surface area contributed by atoms with Crippen molar-refractivity contribution in [3.05, 3.63) is 72.9 Å². The Morgan fingerprint density at radius 2 is 0.500 bits per heavy atom. The molecule has 0 aromatic carbocycles. The summed E-state index contributed by atoms with van der Waals surface area (Å²) in [4.78, 5) is 38.4. The number of unbranched alkanes of at least 4 members (excludes halogenated alkanes) is 39. The highest BCUT2D eigenvalue weighted by atomic mass is 16.6. The molecule has 1 atom stereocenters. The zero-order valence-corrected chi connectivity index (χ0v) is 51.9. The van der Waals surface area contributed by atoms with Gasteiger partial charge in [0.1, 0.15) is 13.2 Å². The fourth-order valence-electron chi connectivity index (χ4n) is 9.88. The summed E-state index contributed by atoms with van der Waals surface area (Å²) < 4.78 is 17.0. The van der Waals surface area contributed by atoms with E-state index < -0.39 is 6.10 Å². The van der Waals surface area contributed by atoms with Gasteiger partial charge in [0.15, 0.2) is 6.10 Å². The second-order valence-electron chi connectivity index (χ2n) is 22.7. The van der Waals surface area contributed by atoms with Crippen LogP contribution in [0.5, 0.6) is 0 Å². The predicted molar refractivity (Wildman–Crippen MR) is 339 cm³/mol. The van der Waals surface area contributed by atoms with Gasteiger partial charge in [-0.25, -0.2) is 0 Å². The third-order valence-electron chi connectivity index (χ3n) is 14.9. The number of rotatable bonds is 62. The molecule has 78 heavy (non-hydrogen) atoms. The van der Waals surface area contributed by atoms with E-state index in [1.807, 2.05) is 0 Å². The average molecular weight is 1090 g/mol. The van der Waals surface area contributed by atoms with Gasteiger partial charge < -0.3 is 14.2 Å². The van der Waals surface area contributed by atoms with Crippen molar-refractivity contribution in [1.29, 1.82) is 0 Å². The van der Waals surface area contributed by atoms with Gasteiger partial charge in [-0.05, 0) is 89.9 Å². The monoisotopic (exact) mass is 1090 g/mol. The molecule has 6 nitrogen and oxygen atoms in total. The largest absolute Gasteiger partial charge is 0.462 e. The number of carbonyl (C=O) groups is 3. The first kappa shape index (κ1) is 74.8. The van der Waals surface area contributed by atoms with Crippen molar-refractivity contribution in [2.45, 2.75) is 354 Å². The number of hydrogen-bond donors (Lipinski definition) is 0. The van der Waals surface area contributed by atoms with E-state index in [1.54, 1.807) is 0 Å². The molecule has 0 bridgehead atoms. The summed E-state index contributed by atoms with van der Waals surface area (Å²) in [5.41, 5.74) is 0. The van der Waals surface area contributed by atoms with E-state index in [1.165, 1.54) is 205 Å². The molecule has 0 spiro atoms. The maximum absolute atomic E-state index is 12.9. The van der Waals surface area contributed by atoms with Crippen molar-refractivity contribution < 1.29 is 28.6 Å². The molecule has 1 unspecified atom stereocenters. The van der Waals surface area contributed by atoms with Gasteiger partial charge in [-0.3, -0.25) is 14.4 Å². The maximum Gasteiger partial charge on any atom is 0.306 e. The summed E-state index contributed by atoms with van der Waals surface area (Å²) in [6.07, 6.45) is 86.3. The first-order valence-electron chi connectivity index (χ1n) is 33.9.